The number of amides is 1. The highest BCUT2D eigenvalue weighted by molar-refractivity contribution is 5.79. The van der Waals surface area contributed by atoms with E-state index in [9.17, 15) is 4.79 Å². The van der Waals surface area contributed by atoms with E-state index < -0.39 is 0 Å². The van der Waals surface area contributed by atoms with E-state index in [4.69, 9.17) is 9.84 Å². The van der Waals surface area contributed by atoms with Crippen LogP contribution in [0.1, 0.15) is 74.5 Å². The number of likely N-dealkylation sites (tertiary alicyclic amines) is 1. The van der Waals surface area contributed by atoms with E-state index in [1.165, 1.54) is 11.3 Å². The van der Waals surface area contributed by atoms with Crippen LogP contribution in [0.15, 0.2) is 24.5 Å². The maximum atomic E-state index is 13.3. The molecule has 29 heavy (non-hydrogen) atoms. The van der Waals surface area contributed by atoms with Crippen LogP contribution >= 0.6 is 0 Å². The number of rotatable bonds is 6. The second-order valence-corrected chi connectivity index (χ2v) is 8.19. The van der Waals surface area contributed by atoms with Crippen molar-refractivity contribution >= 4 is 5.91 Å². The summed E-state index contributed by atoms with van der Waals surface area (Å²) in [5, 5.41) is 5.07. The number of aromatic nitrogens is 3. The number of fused-ring (bicyclic) bond motifs is 1. The van der Waals surface area contributed by atoms with Crippen LogP contribution in [0, 0.1) is 5.92 Å². The van der Waals surface area contributed by atoms with Gasteiger partial charge in [0.25, 0.3) is 0 Å². The van der Waals surface area contributed by atoms with Crippen molar-refractivity contribution in [2.24, 2.45) is 5.92 Å². The predicted octanol–water partition coefficient (Wildman–Crippen LogP) is 3.89. The Bertz CT molecular complexity index is 829. The van der Waals surface area contributed by atoms with Gasteiger partial charge in [-0.1, -0.05) is 19.9 Å². The third-order valence-electron chi connectivity index (χ3n) is 6.42. The van der Waals surface area contributed by atoms with Gasteiger partial charge in [0.15, 0.2) is 0 Å². The topological polar surface area (TPSA) is 60.2 Å². The minimum absolute atomic E-state index is 0.0717. The van der Waals surface area contributed by atoms with Crippen LogP contribution < -0.4 is 0 Å². The average Bonchev–Trinajstić information content (AvgIpc) is 3.13. The number of hydrogen-bond acceptors (Lipinski definition) is 4. The second-order valence-electron chi connectivity index (χ2n) is 8.19. The summed E-state index contributed by atoms with van der Waals surface area (Å²) in [6.07, 6.45) is 9.57. The standard InChI is InChI=1S/C23H32N4O2/c1-3-18(4-2)23(28)26-12-6-5-9-21(26)22-19-16-29-13-10-20(19)27(25-22)15-17-8-7-11-24-14-17/h7-8,11,14,18,21H,3-6,9-10,12-13,15-16H2,1-2H3. The van der Waals surface area contributed by atoms with Crippen molar-refractivity contribution in [3.63, 3.8) is 0 Å². The van der Waals surface area contributed by atoms with Gasteiger partial charge < -0.3 is 9.64 Å². The van der Waals surface area contributed by atoms with E-state index in [2.05, 4.69) is 34.5 Å². The van der Waals surface area contributed by atoms with Crippen molar-refractivity contribution in [3.8, 4) is 0 Å². The summed E-state index contributed by atoms with van der Waals surface area (Å²) in [5.41, 5.74) is 4.66. The van der Waals surface area contributed by atoms with Crippen LogP contribution in [0.4, 0.5) is 0 Å². The Labute approximate surface area is 173 Å². The van der Waals surface area contributed by atoms with Gasteiger partial charge in [-0.25, -0.2) is 0 Å². The molecule has 1 atom stereocenters. The fourth-order valence-electron chi connectivity index (χ4n) is 4.75. The number of hydrogen-bond donors (Lipinski definition) is 0. The maximum Gasteiger partial charge on any atom is 0.226 e. The van der Waals surface area contributed by atoms with E-state index in [1.807, 2.05) is 12.3 Å². The van der Waals surface area contributed by atoms with Gasteiger partial charge in [0.2, 0.25) is 5.91 Å². The maximum absolute atomic E-state index is 13.3. The van der Waals surface area contributed by atoms with Crippen LogP contribution in [0.5, 0.6) is 0 Å². The van der Waals surface area contributed by atoms with Crippen LogP contribution in [0.2, 0.25) is 0 Å². The molecule has 1 unspecified atom stereocenters. The highest BCUT2D eigenvalue weighted by Gasteiger charge is 2.35. The molecule has 6 heteroatoms. The fourth-order valence-corrected chi connectivity index (χ4v) is 4.75. The van der Waals surface area contributed by atoms with Gasteiger partial charge in [-0.2, -0.15) is 5.10 Å². The fraction of sp³-hybridized carbons (Fsp3) is 0.609. The summed E-state index contributed by atoms with van der Waals surface area (Å²) in [7, 11) is 0. The molecule has 0 aliphatic carbocycles. The first-order valence-electron chi connectivity index (χ1n) is 11.1. The molecule has 156 valence electrons. The Balaban J connectivity index is 1.68. The summed E-state index contributed by atoms with van der Waals surface area (Å²) in [6.45, 7) is 7.11. The lowest BCUT2D eigenvalue weighted by Gasteiger charge is -2.37. The van der Waals surface area contributed by atoms with Crippen molar-refractivity contribution in [3.05, 3.63) is 47.0 Å². The number of carbonyl (C=O) groups is 1. The first-order chi connectivity index (χ1) is 14.2. The number of pyridine rings is 1. The first-order valence-corrected chi connectivity index (χ1v) is 11.1. The molecule has 1 saturated heterocycles. The predicted molar refractivity (Wildman–Crippen MR) is 111 cm³/mol. The van der Waals surface area contributed by atoms with Crippen LogP contribution in [0.3, 0.4) is 0 Å². The van der Waals surface area contributed by atoms with Gasteiger partial charge in [-0.15, -0.1) is 0 Å². The number of ether oxygens (including phenoxy) is 1. The SMILES string of the molecule is CCC(CC)C(=O)N1CCCCC1c1nn(Cc2cccnc2)c2c1COCC2. The van der Waals surface area contributed by atoms with E-state index in [0.29, 0.717) is 19.1 Å². The Morgan fingerprint density at radius 3 is 2.93 bits per heavy atom. The van der Waals surface area contributed by atoms with Crippen molar-refractivity contribution in [1.29, 1.82) is 0 Å². The molecule has 0 aromatic carbocycles. The van der Waals surface area contributed by atoms with Crippen molar-refractivity contribution in [2.45, 2.75) is 71.6 Å². The summed E-state index contributed by atoms with van der Waals surface area (Å²) in [5.74, 6) is 0.409. The Morgan fingerprint density at radius 2 is 2.17 bits per heavy atom. The summed E-state index contributed by atoms with van der Waals surface area (Å²) in [6, 6.07) is 4.12. The van der Waals surface area contributed by atoms with Crippen molar-refractivity contribution in [2.75, 3.05) is 13.2 Å². The summed E-state index contributed by atoms with van der Waals surface area (Å²) in [4.78, 5) is 19.6. The molecule has 2 aliphatic rings. The summed E-state index contributed by atoms with van der Waals surface area (Å²) >= 11 is 0. The molecule has 0 radical (unpaired) electrons. The van der Waals surface area contributed by atoms with Crippen LogP contribution in [-0.4, -0.2) is 38.7 Å². The largest absolute Gasteiger partial charge is 0.376 e. The highest BCUT2D eigenvalue weighted by Crippen LogP contribution is 2.36. The average molecular weight is 397 g/mol. The lowest BCUT2D eigenvalue weighted by Crippen LogP contribution is -2.42. The third-order valence-corrected chi connectivity index (χ3v) is 6.42. The lowest BCUT2D eigenvalue weighted by atomic mass is 9.92. The molecule has 0 spiro atoms. The molecule has 0 saturated carbocycles. The van der Waals surface area contributed by atoms with Gasteiger partial charge in [0, 0.05) is 42.5 Å². The van der Waals surface area contributed by atoms with Gasteiger partial charge in [-0.3, -0.25) is 14.5 Å². The molecule has 0 N–H and O–H groups in total. The molecule has 2 aromatic heterocycles. The minimum atomic E-state index is 0.0717. The molecule has 2 aliphatic heterocycles. The normalized spacial score (nSPS) is 19.4. The first kappa shape index (κ1) is 20.1. The molecule has 0 bridgehead atoms. The van der Waals surface area contributed by atoms with E-state index in [0.717, 1.165) is 62.9 Å². The quantitative estimate of drug-likeness (QED) is 0.743. The van der Waals surface area contributed by atoms with Crippen LogP contribution in [-0.2, 0) is 29.1 Å². The second kappa shape index (κ2) is 9.08. The Morgan fingerprint density at radius 1 is 1.31 bits per heavy atom. The summed E-state index contributed by atoms with van der Waals surface area (Å²) < 4.78 is 7.93. The van der Waals surface area contributed by atoms with Gasteiger partial charge in [-0.05, 0) is 43.7 Å². The molecular weight excluding hydrogens is 364 g/mol. The van der Waals surface area contributed by atoms with E-state index in [-0.39, 0.29) is 12.0 Å². The Hall–Kier alpha value is -2.21. The number of piperidine rings is 1. The molecule has 1 amide bonds. The van der Waals surface area contributed by atoms with Crippen LogP contribution in [0.25, 0.3) is 0 Å². The van der Waals surface area contributed by atoms with Crippen molar-refractivity contribution in [1.82, 2.24) is 19.7 Å². The number of nitrogens with zero attached hydrogens (tertiary/aromatic N) is 4. The molecule has 4 heterocycles. The smallest absolute Gasteiger partial charge is 0.226 e. The molecule has 4 rings (SSSR count). The van der Waals surface area contributed by atoms with E-state index in [1.54, 1.807) is 6.20 Å². The van der Waals surface area contributed by atoms with Crippen molar-refractivity contribution < 1.29 is 9.53 Å². The molecule has 6 nitrogen and oxygen atoms in total. The van der Waals surface area contributed by atoms with Gasteiger partial charge in [0.05, 0.1) is 31.5 Å². The third kappa shape index (κ3) is 4.08. The monoisotopic (exact) mass is 396 g/mol. The van der Waals surface area contributed by atoms with E-state index >= 15 is 0 Å². The number of carbonyl (C=O) groups excluding carboxylic acids is 1. The highest BCUT2D eigenvalue weighted by atomic mass is 16.5. The molecule has 1 fully saturated rings. The lowest BCUT2D eigenvalue weighted by molar-refractivity contribution is -0.139. The van der Waals surface area contributed by atoms with Gasteiger partial charge >= 0.3 is 0 Å². The molecule has 2 aromatic rings. The Kier molecular flexibility index (Phi) is 6.28. The molecular formula is C23H32N4O2. The van der Waals surface area contributed by atoms with Gasteiger partial charge in [0.1, 0.15) is 0 Å². The zero-order valence-electron chi connectivity index (χ0n) is 17.6. The zero-order valence-corrected chi connectivity index (χ0v) is 17.6. The zero-order chi connectivity index (χ0) is 20.2. The minimum Gasteiger partial charge on any atom is -0.376 e.